The number of benzene rings is 1. The van der Waals surface area contributed by atoms with Gasteiger partial charge in [-0.15, -0.1) is 0 Å². The minimum atomic E-state index is -2.98. The predicted octanol–water partition coefficient (Wildman–Crippen LogP) is 3.70. The van der Waals surface area contributed by atoms with Crippen LogP contribution in [-0.4, -0.2) is 53.1 Å². The van der Waals surface area contributed by atoms with Gasteiger partial charge in [0, 0.05) is 44.4 Å². The lowest BCUT2D eigenvalue weighted by Crippen LogP contribution is -2.37. The van der Waals surface area contributed by atoms with Crippen molar-refractivity contribution < 1.29 is 23.0 Å². The highest BCUT2D eigenvalue weighted by molar-refractivity contribution is 6.35. The van der Waals surface area contributed by atoms with E-state index < -0.39 is 6.61 Å². The van der Waals surface area contributed by atoms with E-state index in [0.717, 1.165) is 12.8 Å². The van der Waals surface area contributed by atoms with Gasteiger partial charge in [-0.05, 0) is 25.0 Å². The van der Waals surface area contributed by atoms with Gasteiger partial charge in [-0.3, -0.25) is 4.99 Å². The van der Waals surface area contributed by atoms with Crippen LogP contribution in [0.1, 0.15) is 18.4 Å². The number of unbranched alkanes of at least 4 members (excludes halogenated alkanes) is 1. The summed E-state index contributed by atoms with van der Waals surface area (Å²) in [6.45, 7) is -0.303. The molecule has 1 rings (SSSR count). The topological polar surface area (TPSA) is 64.1 Å². The summed E-state index contributed by atoms with van der Waals surface area (Å²) in [5.74, 6) is 0.418. The van der Waals surface area contributed by atoms with Gasteiger partial charge in [0.2, 0.25) is 0 Å². The first-order chi connectivity index (χ1) is 13.0. The Morgan fingerprint density at radius 1 is 1.15 bits per heavy atom. The average Bonchev–Trinajstić information content (AvgIpc) is 2.62. The van der Waals surface area contributed by atoms with Crippen LogP contribution in [0.4, 0.5) is 8.78 Å². The Morgan fingerprint density at radius 3 is 2.59 bits per heavy atom. The molecule has 0 fully saturated rings. The van der Waals surface area contributed by atoms with Crippen LogP contribution in [0.25, 0.3) is 0 Å². The van der Waals surface area contributed by atoms with E-state index in [4.69, 9.17) is 32.7 Å². The normalized spacial score (nSPS) is 11.7. The molecule has 0 heterocycles. The number of nitrogens with one attached hydrogen (secondary N) is 2. The number of methoxy groups -OCH3 is 1. The molecule has 0 atom stereocenters. The van der Waals surface area contributed by atoms with E-state index in [1.807, 2.05) is 0 Å². The molecule has 0 unspecified atom stereocenters. The fourth-order valence-corrected chi connectivity index (χ4v) is 2.73. The van der Waals surface area contributed by atoms with Crippen LogP contribution in [0.3, 0.4) is 0 Å². The van der Waals surface area contributed by atoms with E-state index in [2.05, 4.69) is 20.4 Å². The standard InChI is InChI=1S/C17H25Cl2F2N3O3/c1-22-17(23-5-3-4-6-26-8-7-25-2)24-11-12-9-13(18)10-14(19)15(12)27-16(20)21/h9-10,16H,3-8,11H2,1-2H3,(H2,22,23,24). The molecule has 0 aliphatic heterocycles. The lowest BCUT2D eigenvalue weighted by atomic mass is 10.2. The van der Waals surface area contributed by atoms with Crippen LogP contribution in [0.15, 0.2) is 17.1 Å². The molecule has 0 spiro atoms. The second kappa shape index (κ2) is 13.8. The van der Waals surface area contributed by atoms with E-state index in [1.165, 1.54) is 12.1 Å². The molecule has 0 amide bonds. The molecule has 0 saturated carbocycles. The van der Waals surface area contributed by atoms with E-state index in [1.54, 1.807) is 14.2 Å². The van der Waals surface area contributed by atoms with Gasteiger partial charge in [-0.2, -0.15) is 8.78 Å². The summed E-state index contributed by atoms with van der Waals surface area (Å²) >= 11 is 11.9. The third kappa shape index (κ3) is 9.95. The number of nitrogens with zero attached hydrogens (tertiary/aromatic N) is 1. The van der Waals surface area contributed by atoms with Crippen molar-refractivity contribution in [3.8, 4) is 5.75 Å². The van der Waals surface area contributed by atoms with Crippen LogP contribution in [0.2, 0.25) is 10.0 Å². The van der Waals surface area contributed by atoms with Crippen molar-refractivity contribution in [3.05, 3.63) is 27.7 Å². The first-order valence-corrected chi connectivity index (χ1v) is 9.17. The van der Waals surface area contributed by atoms with E-state index in [-0.39, 0.29) is 17.3 Å². The zero-order valence-corrected chi connectivity index (χ0v) is 16.9. The second-order valence-corrected chi connectivity index (χ2v) is 6.26. The third-order valence-corrected chi connectivity index (χ3v) is 3.90. The van der Waals surface area contributed by atoms with Gasteiger partial charge >= 0.3 is 6.61 Å². The largest absolute Gasteiger partial charge is 0.433 e. The molecule has 154 valence electrons. The van der Waals surface area contributed by atoms with Crippen LogP contribution in [-0.2, 0) is 16.0 Å². The van der Waals surface area contributed by atoms with Crippen molar-refractivity contribution in [1.82, 2.24) is 10.6 Å². The Balaban J connectivity index is 2.44. The highest BCUT2D eigenvalue weighted by Gasteiger charge is 2.15. The lowest BCUT2D eigenvalue weighted by molar-refractivity contribution is -0.0504. The Hall–Kier alpha value is -1.35. The Morgan fingerprint density at radius 2 is 1.93 bits per heavy atom. The summed E-state index contributed by atoms with van der Waals surface area (Å²) in [7, 11) is 3.25. The second-order valence-electron chi connectivity index (χ2n) is 5.42. The number of aliphatic imine (C=N–C) groups is 1. The smallest absolute Gasteiger partial charge is 0.387 e. The summed E-state index contributed by atoms with van der Waals surface area (Å²) in [4.78, 5) is 4.09. The molecule has 0 saturated heterocycles. The Bertz CT molecular complexity index is 593. The molecule has 0 radical (unpaired) electrons. The van der Waals surface area contributed by atoms with Gasteiger partial charge in [0.25, 0.3) is 0 Å². The SMILES string of the molecule is CN=C(NCCCCOCCOC)NCc1cc(Cl)cc(Cl)c1OC(F)F. The van der Waals surface area contributed by atoms with Crippen molar-refractivity contribution in [2.75, 3.05) is 40.5 Å². The molecule has 1 aromatic carbocycles. The lowest BCUT2D eigenvalue weighted by Gasteiger charge is -2.16. The van der Waals surface area contributed by atoms with E-state index >= 15 is 0 Å². The molecule has 0 aromatic heterocycles. The van der Waals surface area contributed by atoms with Crippen molar-refractivity contribution in [3.63, 3.8) is 0 Å². The van der Waals surface area contributed by atoms with Crippen molar-refractivity contribution in [2.24, 2.45) is 4.99 Å². The maximum atomic E-state index is 12.6. The van der Waals surface area contributed by atoms with Crippen molar-refractivity contribution >= 4 is 29.2 Å². The molecule has 6 nitrogen and oxygen atoms in total. The van der Waals surface area contributed by atoms with E-state index in [0.29, 0.717) is 42.9 Å². The first kappa shape index (κ1) is 23.7. The fraction of sp³-hybridized carbons (Fsp3) is 0.588. The quantitative estimate of drug-likeness (QED) is 0.302. The predicted molar refractivity (Wildman–Crippen MR) is 103 cm³/mol. The molecule has 0 bridgehead atoms. The maximum Gasteiger partial charge on any atom is 0.387 e. The number of halogens is 4. The minimum absolute atomic E-state index is 0.0241. The van der Waals surface area contributed by atoms with Crippen LogP contribution < -0.4 is 15.4 Å². The summed E-state index contributed by atoms with van der Waals surface area (Å²) in [6, 6.07) is 2.87. The molecule has 0 aliphatic rings. The van der Waals surface area contributed by atoms with Crippen molar-refractivity contribution in [2.45, 2.75) is 26.0 Å². The highest BCUT2D eigenvalue weighted by Crippen LogP contribution is 2.33. The molecule has 1 aromatic rings. The summed E-state index contributed by atoms with van der Waals surface area (Å²) in [6.07, 6.45) is 1.78. The number of ether oxygens (including phenoxy) is 3. The molecular formula is C17H25Cl2F2N3O3. The molecule has 2 N–H and O–H groups in total. The van der Waals surface area contributed by atoms with E-state index in [9.17, 15) is 8.78 Å². The van der Waals surface area contributed by atoms with Crippen LogP contribution >= 0.6 is 23.2 Å². The Kier molecular flexibility index (Phi) is 12.1. The van der Waals surface area contributed by atoms with Gasteiger partial charge in [0.05, 0.1) is 18.2 Å². The molecule has 27 heavy (non-hydrogen) atoms. The number of hydrogen-bond acceptors (Lipinski definition) is 4. The summed E-state index contributed by atoms with van der Waals surface area (Å²) in [5, 5.41) is 6.51. The minimum Gasteiger partial charge on any atom is -0.433 e. The fourth-order valence-electron chi connectivity index (χ4n) is 2.15. The molecule has 10 heteroatoms. The Labute approximate surface area is 168 Å². The zero-order valence-electron chi connectivity index (χ0n) is 15.4. The number of hydrogen-bond donors (Lipinski definition) is 2. The van der Waals surface area contributed by atoms with Crippen molar-refractivity contribution in [1.29, 1.82) is 0 Å². The zero-order chi connectivity index (χ0) is 20.1. The van der Waals surface area contributed by atoms with Crippen LogP contribution in [0, 0.1) is 0 Å². The van der Waals surface area contributed by atoms with Gasteiger partial charge in [-0.25, -0.2) is 0 Å². The molecule has 0 aliphatic carbocycles. The molecular weight excluding hydrogens is 403 g/mol. The number of alkyl halides is 2. The van der Waals surface area contributed by atoms with Gasteiger partial charge in [-0.1, -0.05) is 23.2 Å². The monoisotopic (exact) mass is 427 g/mol. The summed E-state index contributed by atoms with van der Waals surface area (Å²) in [5.41, 5.74) is 0.405. The first-order valence-electron chi connectivity index (χ1n) is 8.41. The third-order valence-electron chi connectivity index (χ3n) is 3.40. The summed E-state index contributed by atoms with van der Waals surface area (Å²) < 4.78 is 40.0. The maximum absolute atomic E-state index is 12.6. The highest BCUT2D eigenvalue weighted by atomic mass is 35.5. The number of guanidine groups is 1. The van der Waals surface area contributed by atoms with Gasteiger partial charge in [0.15, 0.2) is 5.96 Å². The van der Waals surface area contributed by atoms with Gasteiger partial charge < -0.3 is 24.8 Å². The number of rotatable bonds is 12. The van der Waals surface area contributed by atoms with Crippen LogP contribution in [0.5, 0.6) is 5.75 Å². The van der Waals surface area contributed by atoms with Gasteiger partial charge in [0.1, 0.15) is 5.75 Å². The average molecular weight is 428 g/mol.